The number of nitrogens with zero attached hydrogens (tertiary/aromatic N) is 1. The van der Waals surface area contributed by atoms with Gasteiger partial charge in [0.05, 0.1) is 6.10 Å². The maximum Gasteiger partial charge on any atom is 0.251 e. The Morgan fingerprint density at radius 2 is 1.79 bits per heavy atom. The lowest BCUT2D eigenvalue weighted by Crippen LogP contribution is -2.33. The van der Waals surface area contributed by atoms with Crippen LogP contribution < -0.4 is 10.1 Å². The van der Waals surface area contributed by atoms with Crippen molar-refractivity contribution >= 4 is 5.91 Å². The smallest absolute Gasteiger partial charge is 0.251 e. The van der Waals surface area contributed by atoms with Crippen molar-refractivity contribution in [2.24, 2.45) is 5.92 Å². The zero-order chi connectivity index (χ0) is 19.9. The van der Waals surface area contributed by atoms with Crippen molar-refractivity contribution in [1.29, 1.82) is 0 Å². The molecule has 1 fully saturated rings. The fourth-order valence-corrected chi connectivity index (χ4v) is 3.69. The van der Waals surface area contributed by atoms with Crippen molar-refractivity contribution in [3.63, 3.8) is 0 Å². The third kappa shape index (κ3) is 6.10. The first-order valence-corrected chi connectivity index (χ1v) is 10.3. The van der Waals surface area contributed by atoms with Gasteiger partial charge in [0.25, 0.3) is 5.91 Å². The van der Waals surface area contributed by atoms with E-state index in [0.717, 1.165) is 23.8 Å². The van der Waals surface area contributed by atoms with Gasteiger partial charge in [-0.2, -0.15) is 0 Å². The van der Waals surface area contributed by atoms with Crippen LogP contribution in [0.15, 0.2) is 48.5 Å². The van der Waals surface area contributed by atoms with E-state index in [-0.39, 0.29) is 12.0 Å². The highest BCUT2D eigenvalue weighted by molar-refractivity contribution is 5.94. The van der Waals surface area contributed by atoms with Gasteiger partial charge in [0.15, 0.2) is 0 Å². The number of rotatable bonds is 7. The van der Waals surface area contributed by atoms with Crippen molar-refractivity contribution in [3.8, 4) is 5.75 Å². The first-order chi connectivity index (χ1) is 13.5. The highest BCUT2D eigenvalue weighted by Gasteiger charge is 2.16. The molecule has 0 radical (unpaired) electrons. The number of benzene rings is 2. The third-order valence-corrected chi connectivity index (χ3v) is 5.11. The molecule has 0 saturated carbocycles. The molecule has 3 rings (SSSR count). The molecule has 1 N–H and O–H groups in total. The van der Waals surface area contributed by atoms with Crippen LogP contribution in [0.4, 0.5) is 0 Å². The summed E-state index contributed by atoms with van der Waals surface area (Å²) >= 11 is 0. The highest BCUT2D eigenvalue weighted by atomic mass is 16.5. The number of piperidine rings is 1. The summed E-state index contributed by atoms with van der Waals surface area (Å²) in [5.74, 6) is 1.59. The van der Waals surface area contributed by atoms with Crippen LogP contribution in [0.2, 0.25) is 0 Å². The van der Waals surface area contributed by atoms with Crippen LogP contribution in [-0.4, -0.2) is 30.0 Å². The standard InChI is InChI=1S/C24H32N2O2/c1-18(2)28-23-12-8-20(9-13-23)15-25-24(27)22-10-6-21(7-11-22)17-26-14-4-5-19(3)16-26/h6-13,18-19H,4-5,14-17H2,1-3H3,(H,25,27)/t19-/m1/s1. The summed E-state index contributed by atoms with van der Waals surface area (Å²) in [6.45, 7) is 10.2. The van der Waals surface area contributed by atoms with E-state index in [4.69, 9.17) is 4.74 Å². The van der Waals surface area contributed by atoms with Crippen molar-refractivity contribution < 1.29 is 9.53 Å². The van der Waals surface area contributed by atoms with E-state index in [9.17, 15) is 4.79 Å². The van der Waals surface area contributed by atoms with Gasteiger partial charge in [0.2, 0.25) is 0 Å². The number of ether oxygens (including phenoxy) is 1. The predicted molar refractivity (Wildman–Crippen MR) is 113 cm³/mol. The van der Waals surface area contributed by atoms with E-state index in [1.54, 1.807) is 0 Å². The maximum absolute atomic E-state index is 12.4. The number of likely N-dealkylation sites (tertiary alicyclic amines) is 1. The molecule has 1 aliphatic heterocycles. The van der Waals surface area contributed by atoms with Gasteiger partial charge in [-0.1, -0.05) is 31.2 Å². The van der Waals surface area contributed by atoms with E-state index in [0.29, 0.717) is 12.1 Å². The van der Waals surface area contributed by atoms with Crippen LogP contribution in [0.25, 0.3) is 0 Å². The van der Waals surface area contributed by atoms with E-state index in [1.807, 2.05) is 50.2 Å². The zero-order valence-electron chi connectivity index (χ0n) is 17.3. The number of amides is 1. The Morgan fingerprint density at radius 1 is 1.11 bits per heavy atom. The summed E-state index contributed by atoms with van der Waals surface area (Å²) in [6.07, 6.45) is 2.78. The first-order valence-electron chi connectivity index (χ1n) is 10.3. The van der Waals surface area contributed by atoms with E-state index in [2.05, 4.69) is 29.3 Å². The first kappa shape index (κ1) is 20.4. The molecule has 1 atom stereocenters. The molecule has 1 saturated heterocycles. The number of carbonyl (C=O) groups excluding carboxylic acids is 1. The molecule has 150 valence electrons. The number of nitrogens with one attached hydrogen (secondary N) is 1. The lowest BCUT2D eigenvalue weighted by molar-refractivity contribution is 0.0951. The van der Waals surface area contributed by atoms with Crippen LogP contribution in [0.1, 0.15) is 55.1 Å². The Bertz CT molecular complexity index is 753. The molecule has 1 aliphatic rings. The number of hydrogen-bond acceptors (Lipinski definition) is 3. The summed E-state index contributed by atoms with van der Waals surface area (Å²) < 4.78 is 5.64. The van der Waals surface area contributed by atoms with Gasteiger partial charge in [0, 0.05) is 25.2 Å². The van der Waals surface area contributed by atoms with E-state index in [1.165, 1.54) is 31.5 Å². The molecule has 4 nitrogen and oxygen atoms in total. The van der Waals surface area contributed by atoms with E-state index < -0.39 is 0 Å². The molecule has 0 aromatic heterocycles. The summed E-state index contributed by atoms with van der Waals surface area (Å²) in [4.78, 5) is 14.9. The summed E-state index contributed by atoms with van der Waals surface area (Å²) in [5.41, 5.74) is 3.03. The Morgan fingerprint density at radius 3 is 2.43 bits per heavy atom. The average Bonchev–Trinajstić information content (AvgIpc) is 2.67. The van der Waals surface area contributed by atoms with Gasteiger partial charge in [-0.15, -0.1) is 0 Å². The van der Waals surface area contributed by atoms with Crippen LogP contribution in [0, 0.1) is 5.92 Å². The SMILES string of the molecule is CC(C)Oc1ccc(CNC(=O)c2ccc(CN3CCC[C@@H](C)C3)cc2)cc1. The van der Waals surface area contributed by atoms with Gasteiger partial charge in [-0.25, -0.2) is 0 Å². The van der Waals surface area contributed by atoms with Crippen LogP contribution >= 0.6 is 0 Å². The normalized spacial score (nSPS) is 17.5. The molecule has 0 bridgehead atoms. The lowest BCUT2D eigenvalue weighted by Gasteiger charge is -2.30. The summed E-state index contributed by atoms with van der Waals surface area (Å²) in [7, 11) is 0. The fraction of sp³-hybridized carbons (Fsp3) is 0.458. The molecule has 2 aromatic carbocycles. The second-order valence-electron chi connectivity index (χ2n) is 8.17. The molecule has 1 amide bonds. The Balaban J connectivity index is 1.49. The second-order valence-corrected chi connectivity index (χ2v) is 8.17. The molecule has 0 aliphatic carbocycles. The van der Waals surface area contributed by atoms with Gasteiger partial charge in [-0.05, 0) is 74.5 Å². The Hall–Kier alpha value is -2.33. The monoisotopic (exact) mass is 380 g/mol. The molecular weight excluding hydrogens is 348 g/mol. The predicted octanol–water partition coefficient (Wildman–Crippen LogP) is 4.64. The topological polar surface area (TPSA) is 41.6 Å². The van der Waals surface area contributed by atoms with Gasteiger partial charge < -0.3 is 10.1 Å². The summed E-state index contributed by atoms with van der Waals surface area (Å²) in [5, 5.41) is 2.99. The minimum absolute atomic E-state index is 0.0411. The molecule has 0 unspecified atom stereocenters. The molecule has 28 heavy (non-hydrogen) atoms. The van der Waals surface area contributed by atoms with Gasteiger partial charge >= 0.3 is 0 Å². The lowest BCUT2D eigenvalue weighted by atomic mass is 9.99. The van der Waals surface area contributed by atoms with Crippen LogP contribution in [0.3, 0.4) is 0 Å². The van der Waals surface area contributed by atoms with Gasteiger partial charge in [-0.3, -0.25) is 9.69 Å². The number of hydrogen-bond donors (Lipinski definition) is 1. The zero-order valence-corrected chi connectivity index (χ0v) is 17.3. The third-order valence-electron chi connectivity index (χ3n) is 5.11. The second kappa shape index (κ2) is 9.74. The minimum Gasteiger partial charge on any atom is -0.491 e. The quantitative estimate of drug-likeness (QED) is 0.761. The highest BCUT2D eigenvalue weighted by Crippen LogP contribution is 2.18. The van der Waals surface area contributed by atoms with Crippen LogP contribution in [-0.2, 0) is 13.1 Å². The molecule has 2 aromatic rings. The van der Waals surface area contributed by atoms with Crippen molar-refractivity contribution in [1.82, 2.24) is 10.2 Å². The minimum atomic E-state index is -0.0411. The van der Waals surface area contributed by atoms with Gasteiger partial charge in [0.1, 0.15) is 5.75 Å². The molecule has 0 spiro atoms. The van der Waals surface area contributed by atoms with E-state index >= 15 is 0 Å². The molecule has 4 heteroatoms. The average molecular weight is 381 g/mol. The number of carbonyl (C=O) groups is 1. The Kier molecular flexibility index (Phi) is 7.10. The fourth-order valence-electron chi connectivity index (χ4n) is 3.69. The van der Waals surface area contributed by atoms with Crippen LogP contribution in [0.5, 0.6) is 5.75 Å². The maximum atomic E-state index is 12.4. The Labute approximate surface area is 168 Å². The van der Waals surface area contributed by atoms with Crippen molar-refractivity contribution in [3.05, 3.63) is 65.2 Å². The largest absolute Gasteiger partial charge is 0.491 e. The molecule has 1 heterocycles. The molecular formula is C24H32N2O2. The van der Waals surface area contributed by atoms with Crippen molar-refractivity contribution in [2.75, 3.05) is 13.1 Å². The van der Waals surface area contributed by atoms with Crippen molar-refractivity contribution in [2.45, 2.75) is 52.8 Å². The summed E-state index contributed by atoms with van der Waals surface area (Å²) in [6, 6.07) is 15.9.